The van der Waals surface area contributed by atoms with Crippen molar-refractivity contribution in [2.75, 3.05) is 5.32 Å². The number of aryl methyl sites for hydroxylation is 3. The van der Waals surface area contributed by atoms with Crippen molar-refractivity contribution in [1.82, 2.24) is 5.32 Å². The van der Waals surface area contributed by atoms with E-state index in [0.29, 0.717) is 6.54 Å². The molecule has 0 unspecified atom stereocenters. The Morgan fingerprint density at radius 2 is 1.64 bits per heavy atom. The fraction of sp³-hybridized carbons (Fsp3) is 0.316. The van der Waals surface area contributed by atoms with E-state index in [1.54, 1.807) is 0 Å². The molecular formula is C19H24N2O. The van der Waals surface area contributed by atoms with E-state index in [9.17, 15) is 4.79 Å². The highest BCUT2D eigenvalue weighted by atomic mass is 16.2. The van der Waals surface area contributed by atoms with Gasteiger partial charge >= 0.3 is 6.03 Å². The van der Waals surface area contributed by atoms with E-state index in [0.717, 1.165) is 24.1 Å². The summed E-state index contributed by atoms with van der Waals surface area (Å²) in [6, 6.07) is 14.2. The number of anilines is 1. The third-order valence-corrected chi connectivity index (χ3v) is 3.77. The number of nitrogens with one attached hydrogen (secondary N) is 2. The van der Waals surface area contributed by atoms with Crippen molar-refractivity contribution in [1.29, 1.82) is 0 Å². The second-order valence-corrected chi connectivity index (χ2v) is 5.46. The number of urea groups is 1. The van der Waals surface area contributed by atoms with Crippen molar-refractivity contribution < 1.29 is 4.79 Å². The van der Waals surface area contributed by atoms with Gasteiger partial charge in [0.15, 0.2) is 0 Å². The van der Waals surface area contributed by atoms with Gasteiger partial charge in [-0.05, 0) is 36.5 Å². The van der Waals surface area contributed by atoms with Gasteiger partial charge in [-0.25, -0.2) is 4.79 Å². The molecule has 0 atom stereocenters. The molecule has 0 radical (unpaired) electrons. The lowest BCUT2D eigenvalue weighted by atomic mass is 10.0. The molecule has 2 amide bonds. The Morgan fingerprint density at radius 3 is 2.23 bits per heavy atom. The van der Waals surface area contributed by atoms with Crippen LogP contribution in [-0.2, 0) is 19.4 Å². The minimum Gasteiger partial charge on any atom is -0.334 e. The molecule has 0 aliphatic carbocycles. The highest BCUT2D eigenvalue weighted by molar-refractivity contribution is 5.91. The van der Waals surface area contributed by atoms with Crippen LogP contribution in [0.2, 0.25) is 0 Å². The Bertz CT molecular complexity index is 627. The van der Waals surface area contributed by atoms with Crippen molar-refractivity contribution in [3.05, 3.63) is 64.7 Å². The Hall–Kier alpha value is -2.29. The summed E-state index contributed by atoms with van der Waals surface area (Å²) in [4.78, 5) is 12.2. The van der Waals surface area contributed by atoms with Crippen LogP contribution in [0.5, 0.6) is 0 Å². The van der Waals surface area contributed by atoms with E-state index < -0.39 is 0 Å². The molecule has 0 bridgehead atoms. The number of hydrogen-bond donors (Lipinski definition) is 2. The van der Waals surface area contributed by atoms with Gasteiger partial charge in [0.2, 0.25) is 0 Å². The molecule has 0 saturated heterocycles. The number of carbonyl (C=O) groups excluding carboxylic acids is 1. The van der Waals surface area contributed by atoms with Gasteiger partial charge in [0.05, 0.1) is 0 Å². The van der Waals surface area contributed by atoms with Gasteiger partial charge < -0.3 is 10.6 Å². The zero-order valence-corrected chi connectivity index (χ0v) is 13.6. The summed E-state index contributed by atoms with van der Waals surface area (Å²) in [6.45, 7) is 6.78. The van der Waals surface area contributed by atoms with Crippen LogP contribution < -0.4 is 10.6 Å². The molecular weight excluding hydrogens is 272 g/mol. The van der Waals surface area contributed by atoms with Crippen LogP contribution in [0, 0.1) is 6.92 Å². The van der Waals surface area contributed by atoms with Crippen molar-refractivity contribution in [3.8, 4) is 0 Å². The molecule has 22 heavy (non-hydrogen) atoms. The summed E-state index contributed by atoms with van der Waals surface area (Å²) in [5.74, 6) is 0. The Kier molecular flexibility index (Phi) is 5.59. The SMILES string of the molecule is CCc1cccc(CC)c1NC(=O)NCc1cccc(C)c1. The van der Waals surface area contributed by atoms with Crippen molar-refractivity contribution in [2.45, 2.75) is 40.2 Å². The molecule has 0 spiro atoms. The standard InChI is InChI=1S/C19H24N2O/c1-4-16-10-7-11-17(5-2)18(16)21-19(22)20-13-15-9-6-8-14(3)12-15/h6-12H,4-5,13H2,1-3H3,(H2,20,21,22). The summed E-state index contributed by atoms with van der Waals surface area (Å²) in [5.41, 5.74) is 5.60. The Morgan fingerprint density at radius 1 is 1.00 bits per heavy atom. The second-order valence-electron chi connectivity index (χ2n) is 5.46. The van der Waals surface area contributed by atoms with E-state index in [-0.39, 0.29) is 6.03 Å². The lowest BCUT2D eigenvalue weighted by molar-refractivity contribution is 0.251. The normalized spacial score (nSPS) is 10.3. The molecule has 2 rings (SSSR count). The first-order chi connectivity index (χ1) is 10.6. The van der Waals surface area contributed by atoms with Crippen LogP contribution in [0.4, 0.5) is 10.5 Å². The monoisotopic (exact) mass is 296 g/mol. The maximum absolute atomic E-state index is 12.2. The molecule has 0 heterocycles. The van der Waals surface area contributed by atoms with Crippen molar-refractivity contribution in [2.24, 2.45) is 0 Å². The first-order valence-electron chi connectivity index (χ1n) is 7.85. The highest BCUT2D eigenvalue weighted by Gasteiger charge is 2.09. The maximum atomic E-state index is 12.2. The molecule has 3 heteroatoms. The Labute approximate surface area is 132 Å². The summed E-state index contributed by atoms with van der Waals surface area (Å²) in [6.07, 6.45) is 1.81. The fourth-order valence-electron chi connectivity index (χ4n) is 2.57. The topological polar surface area (TPSA) is 41.1 Å². The number of carbonyl (C=O) groups is 1. The molecule has 0 aliphatic heterocycles. The number of hydrogen-bond acceptors (Lipinski definition) is 1. The first-order valence-corrected chi connectivity index (χ1v) is 7.85. The largest absolute Gasteiger partial charge is 0.334 e. The van der Waals surface area contributed by atoms with E-state index >= 15 is 0 Å². The molecule has 0 aliphatic rings. The molecule has 2 N–H and O–H groups in total. The highest BCUT2D eigenvalue weighted by Crippen LogP contribution is 2.22. The first kappa shape index (κ1) is 16.1. The Balaban J connectivity index is 2.03. The van der Waals surface area contributed by atoms with Gasteiger partial charge in [-0.2, -0.15) is 0 Å². The predicted octanol–water partition coefficient (Wildman–Crippen LogP) is 4.44. The van der Waals surface area contributed by atoms with Gasteiger partial charge in [0.1, 0.15) is 0 Å². The van der Waals surface area contributed by atoms with Crippen molar-refractivity contribution >= 4 is 11.7 Å². The van der Waals surface area contributed by atoms with E-state index in [1.165, 1.54) is 16.7 Å². The molecule has 2 aromatic rings. The summed E-state index contributed by atoms with van der Waals surface area (Å²) in [5, 5.41) is 5.94. The smallest absolute Gasteiger partial charge is 0.319 e. The summed E-state index contributed by atoms with van der Waals surface area (Å²) in [7, 11) is 0. The van der Waals surface area contributed by atoms with Gasteiger partial charge in [-0.3, -0.25) is 0 Å². The van der Waals surface area contributed by atoms with Crippen LogP contribution in [0.25, 0.3) is 0 Å². The van der Waals surface area contributed by atoms with E-state index in [2.05, 4.69) is 55.7 Å². The predicted molar refractivity (Wildman–Crippen MR) is 92.2 cm³/mol. The molecule has 116 valence electrons. The lowest BCUT2D eigenvalue weighted by Crippen LogP contribution is -2.29. The van der Waals surface area contributed by atoms with Crippen LogP contribution >= 0.6 is 0 Å². The fourth-order valence-corrected chi connectivity index (χ4v) is 2.57. The van der Waals surface area contributed by atoms with Crippen LogP contribution in [-0.4, -0.2) is 6.03 Å². The summed E-state index contributed by atoms with van der Waals surface area (Å²) >= 11 is 0. The second kappa shape index (κ2) is 7.64. The quantitative estimate of drug-likeness (QED) is 0.841. The van der Waals surface area contributed by atoms with Crippen LogP contribution in [0.1, 0.15) is 36.1 Å². The average Bonchev–Trinajstić information content (AvgIpc) is 2.53. The third-order valence-electron chi connectivity index (χ3n) is 3.77. The van der Waals surface area contributed by atoms with Gasteiger partial charge in [0, 0.05) is 12.2 Å². The van der Waals surface area contributed by atoms with Crippen LogP contribution in [0.15, 0.2) is 42.5 Å². The minimum atomic E-state index is -0.155. The van der Waals surface area contributed by atoms with Gasteiger partial charge in [-0.15, -0.1) is 0 Å². The number of rotatable bonds is 5. The molecule has 0 fully saturated rings. The zero-order chi connectivity index (χ0) is 15.9. The number of benzene rings is 2. The minimum absolute atomic E-state index is 0.155. The summed E-state index contributed by atoms with van der Waals surface area (Å²) < 4.78 is 0. The molecule has 3 nitrogen and oxygen atoms in total. The molecule has 0 saturated carbocycles. The number of amides is 2. The third kappa shape index (κ3) is 4.10. The van der Waals surface area contributed by atoms with Crippen molar-refractivity contribution in [3.63, 3.8) is 0 Å². The van der Waals surface area contributed by atoms with Gasteiger partial charge in [0.25, 0.3) is 0 Å². The molecule has 0 aromatic heterocycles. The average molecular weight is 296 g/mol. The maximum Gasteiger partial charge on any atom is 0.319 e. The zero-order valence-electron chi connectivity index (χ0n) is 13.6. The van der Waals surface area contributed by atoms with Crippen LogP contribution in [0.3, 0.4) is 0 Å². The number of para-hydroxylation sites is 1. The van der Waals surface area contributed by atoms with E-state index in [1.807, 2.05) is 18.2 Å². The van der Waals surface area contributed by atoms with Gasteiger partial charge in [-0.1, -0.05) is 61.9 Å². The van der Waals surface area contributed by atoms with E-state index in [4.69, 9.17) is 0 Å². The lowest BCUT2D eigenvalue weighted by Gasteiger charge is -2.15. The molecule has 2 aromatic carbocycles.